The lowest BCUT2D eigenvalue weighted by molar-refractivity contribution is 1.07. The van der Waals surface area contributed by atoms with Gasteiger partial charge in [-0.1, -0.05) is 164 Å². The van der Waals surface area contributed by atoms with Gasteiger partial charge in [-0.25, -0.2) is 24.9 Å². The van der Waals surface area contributed by atoms with Crippen molar-refractivity contribution in [3.05, 3.63) is 188 Å². The summed E-state index contributed by atoms with van der Waals surface area (Å²) in [6, 6.07) is 65.6. The Morgan fingerprint density at radius 2 is 0.759 bits per heavy atom. The molecule has 3 heterocycles. The number of fused-ring (bicyclic) bond motifs is 8. The van der Waals surface area contributed by atoms with Crippen molar-refractivity contribution in [1.29, 1.82) is 0 Å². The fourth-order valence-electron chi connectivity index (χ4n) is 8.76. The van der Waals surface area contributed by atoms with E-state index < -0.39 is 0 Å². The van der Waals surface area contributed by atoms with Crippen molar-refractivity contribution in [3.8, 4) is 78.9 Å². The first kappa shape index (κ1) is 32.4. The standard InChI is InChI=1S/C53H31N5/c1-3-12-33(13-4-1)51-56-52(34-14-5-2-6-15-34)58-53(57-51)35-24-22-32(23-25-35)50-49-43(38-18-9-10-21-45(38)55-50)28-30-47-44(49)29-31-46(54-47)39-26-27-42-37-17-8-7-16-36(37)40-19-11-20-41(39)48(40)42/h1-31H. The van der Waals surface area contributed by atoms with E-state index in [1.807, 2.05) is 60.7 Å². The molecule has 0 atom stereocenters. The Morgan fingerprint density at radius 1 is 0.241 bits per heavy atom. The second-order valence-electron chi connectivity index (χ2n) is 14.8. The molecule has 11 aromatic rings. The van der Waals surface area contributed by atoms with Gasteiger partial charge in [0.2, 0.25) is 0 Å². The first-order valence-corrected chi connectivity index (χ1v) is 19.5. The van der Waals surface area contributed by atoms with Gasteiger partial charge in [-0.2, -0.15) is 0 Å². The van der Waals surface area contributed by atoms with Gasteiger partial charge >= 0.3 is 0 Å². The molecule has 0 N–H and O–H groups in total. The van der Waals surface area contributed by atoms with Gasteiger partial charge in [0.1, 0.15) is 0 Å². The summed E-state index contributed by atoms with van der Waals surface area (Å²) in [5, 5.41) is 6.92. The summed E-state index contributed by atoms with van der Waals surface area (Å²) in [6.07, 6.45) is 0. The molecular weight excluding hydrogens is 707 g/mol. The van der Waals surface area contributed by atoms with Gasteiger partial charge < -0.3 is 0 Å². The zero-order valence-corrected chi connectivity index (χ0v) is 31.1. The molecule has 0 unspecified atom stereocenters. The van der Waals surface area contributed by atoms with E-state index in [1.165, 1.54) is 33.0 Å². The second-order valence-corrected chi connectivity index (χ2v) is 14.8. The van der Waals surface area contributed by atoms with Crippen LogP contribution in [0.5, 0.6) is 0 Å². The van der Waals surface area contributed by atoms with Gasteiger partial charge in [-0.05, 0) is 62.7 Å². The molecule has 268 valence electrons. The molecule has 0 amide bonds. The molecule has 0 spiro atoms. The van der Waals surface area contributed by atoms with Crippen molar-refractivity contribution in [2.45, 2.75) is 0 Å². The summed E-state index contributed by atoms with van der Waals surface area (Å²) in [5.41, 5.74) is 13.8. The van der Waals surface area contributed by atoms with Crippen molar-refractivity contribution >= 4 is 43.4 Å². The highest BCUT2D eigenvalue weighted by Crippen LogP contribution is 2.49. The van der Waals surface area contributed by atoms with Crippen LogP contribution in [0.15, 0.2) is 188 Å². The molecule has 1 aliphatic carbocycles. The normalized spacial score (nSPS) is 11.8. The smallest absolute Gasteiger partial charge is 0.164 e. The number of rotatable bonds is 5. The molecule has 1 aliphatic rings. The van der Waals surface area contributed by atoms with Gasteiger partial charge in [0.05, 0.1) is 22.4 Å². The summed E-state index contributed by atoms with van der Waals surface area (Å²) < 4.78 is 0. The Bertz CT molecular complexity index is 3350. The van der Waals surface area contributed by atoms with Crippen LogP contribution in [-0.4, -0.2) is 24.9 Å². The molecule has 5 heteroatoms. The molecule has 5 nitrogen and oxygen atoms in total. The van der Waals surface area contributed by atoms with Crippen LogP contribution >= 0.6 is 0 Å². The average Bonchev–Trinajstić information content (AvgIpc) is 3.63. The van der Waals surface area contributed by atoms with Gasteiger partial charge in [-0.3, -0.25) is 0 Å². The Labute approximate surface area is 334 Å². The molecule has 0 radical (unpaired) electrons. The third-order valence-corrected chi connectivity index (χ3v) is 11.5. The van der Waals surface area contributed by atoms with Gasteiger partial charge in [0.15, 0.2) is 17.5 Å². The van der Waals surface area contributed by atoms with E-state index in [1.54, 1.807) is 0 Å². The van der Waals surface area contributed by atoms with E-state index in [2.05, 4.69) is 127 Å². The number of para-hydroxylation sites is 1. The Hall–Kier alpha value is -7.89. The molecule has 8 aromatic carbocycles. The lowest BCUT2D eigenvalue weighted by Gasteiger charge is -2.14. The first-order chi connectivity index (χ1) is 28.7. The maximum Gasteiger partial charge on any atom is 0.164 e. The van der Waals surface area contributed by atoms with Crippen molar-refractivity contribution in [2.75, 3.05) is 0 Å². The van der Waals surface area contributed by atoms with Gasteiger partial charge in [-0.15, -0.1) is 0 Å². The van der Waals surface area contributed by atoms with Gasteiger partial charge in [0, 0.05) is 44.0 Å². The Balaban J connectivity index is 1.00. The van der Waals surface area contributed by atoms with E-state index >= 15 is 0 Å². The van der Waals surface area contributed by atoms with E-state index in [0.29, 0.717) is 17.5 Å². The predicted molar refractivity (Wildman–Crippen MR) is 237 cm³/mol. The first-order valence-electron chi connectivity index (χ1n) is 19.5. The quantitative estimate of drug-likeness (QED) is 0.165. The van der Waals surface area contributed by atoms with E-state index in [0.717, 1.165) is 71.8 Å². The second kappa shape index (κ2) is 12.8. The van der Waals surface area contributed by atoms with Gasteiger partial charge in [0.25, 0.3) is 0 Å². The highest BCUT2D eigenvalue weighted by Gasteiger charge is 2.23. The predicted octanol–water partition coefficient (Wildman–Crippen LogP) is 13.3. The lowest BCUT2D eigenvalue weighted by atomic mass is 9.94. The van der Waals surface area contributed by atoms with Crippen molar-refractivity contribution in [2.24, 2.45) is 0 Å². The number of hydrogen-bond donors (Lipinski definition) is 0. The fourth-order valence-corrected chi connectivity index (χ4v) is 8.76. The minimum absolute atomic E-state index is 0.615. The summed E-state index contributed by atoms with van der Waals surface area (Å²) >= 11 is 0. The van der Waals surface area contributed by atoms with Crippen molar-refractivity contribution < 1.29 is 0 Å². The number of nitrogens with zero attached hydrogens (tertiary/aromatic N) is 5. The van der Waals surface area contributed by atoms with Crippen LogP contribution in [0.4, 0.5) is 0 Å². The number of hydrogen-bond acceptors (Lipinski definition) is 5. The van der Waals surface area contributed by atoms with E-state index in [4.69, 9.17) is 24.9 Å². The molecule has 0 aliphatic heterocycles. The minimum Gasteiger partial charge on any atom is -0.248 e. The number of aromatic nitrogens is 5. The van der Waals surface area contributed by atoms with Crippen LogP contribution in [-0.2, 0) is 0 Å². The maximum atomic E-state index is 5.36. The largest absolute Gasteiger partial charge is 0.248 e. The average molecular weight is 738 g/mol. The zero-order valence-electron chi connectivity index (χ0n) is 31.1. The summed E-state index contributed by atoms with van der Waals surface area (Å²) in [4.78, 5) is 25.5. The Morgan fingerprint density at radius 3 is 1.47 bits per heavy atom. The molecule has 0 saturated carbocycles. The van der Waals surface area contributed by atoms with Crippen molar-refractivity contribution in [1.82, 2.24) is 24.9 Å². The topological polar surface area (TPSA) is 64.5 Å². The van der Waals surface area contributed by atoms with Crippen LogP contribution in [0.2, 0.25) is 0 Å². The summed E-state index contributed by atoms with van der Waals surface area (Å²) in [6.45, 7) is 0. The van der Waals surface area contributed by atoms with E-state index in [9.17, 15) is 0 Å². The van der Waals surface area contributed by atoms with Crippen molar-refractivity contribution in [3.63, 3.8) is 0 Å². The summed E-state index contributed by atoms with van der Waals surface area (Å²) in [5.74, 6) is 1.89. The molecule has 3 aromatic heterocycles. The Kier molecular flexibility index (Phi) is 7.16. The monoisotopic (exact) mass is 737 g/mol. The minimum atomic E-state index is 0.615. The SMILES string of the molecule is c1ccc(-c2nc(-c3ccccc3)nc(-c3ccc(-c4nc5ccccc5c5ccc6nc(-c7ccc8c9c(cccc79)-c7ccccc7-8)ccc6c45)cc3)n2)cc1. The van der Waals surface area contributed by atoms with Crippen LogP contribution in [0.3, 0.4) is 0 Å². The zero-order chi connectivity index (χ0) is 38.2. The van der Waals surface area contributed by atoms with Crippen LogP contribution in [0.25, 0.3) is 122 Å². The fraction of sp³-hybridized carbons (Fsp3) is 0. The highest BCUT2D eigenvalue weighted by molar-refractivity contribution is 6.22. The highest BCUT2D eigenvalue weighted by atomic mass is 15.0. The summed E-state index contributed by atoms with van der Waals surface area (Å²) in [7, 11) is 0. The van der Waals surface area contributed by atoms with Crippen LogP contribution < -0.4 is 0 Å². The van der Waals surface area contributed by atoms with Crippen LogP contribution in [0, 0.1) is 0 Å². The molecule has 0 saturated heterocycles. The van der Waals surface area contributed by atoms with Crippen LogP contribution in [0.1, 0.15) is 0 Å². The molecule has 0 fully saturated rings. The lowest BCUT2D eigenvalue weighted by Crippen LogP contribution is -2.00. The maximum absolute atomic E-state index is 5.36. The molecule has 0 bridgehead atoms. The third-order valence-electron chi connectivity index (χ3n) is 11.5. The third kappa shape index (κ3) is 5.07. The van der Waals surface area contributed by atoms with E-state index in [-0.39, 0.29) is 0 Å². The molecule has 12 rings (SSSR count). The number of pyridine rings is 2. The molecular formula is C53H31N5. The number of benzene rings is 8. The molecule has 58 heavy (non-hydrogen) atoms.